The van der Waals surface area contributed by atoms with E-state index in [0.717, 1.165) is 29.7 Å². The van der Waals surface area contributed by atoms with Gasteiger partial charge in [0.2, 0.25) is 5.91 Å². The van der Waals surface area contributed by atoms with E-state index in [0.29, 0.717) is 34.2 Å². The molecule has 1 heterocycles. The number of methoxy groups -OCH3 is 2. The highest BCUT2D eigenvalue weighted by molar-refractivity contribution is 6.02. The summed E-state index contributed by atoms with van der Waals surface area (Å²) in [6.45, 7) is 0. The minimum absolute atomic E-state index is 0.245. The van der Waals surface area contributed by atoms with Crippen LogP contribution >= 0.6 is 0 Å². The van der Waals surface area contributed by atoms with Crippen molar-refractivity contribution in [2.24, 2.45) is 0 Å². The van der Waals surface area contributed by atoms with Gasteiger partial charge in [-0.2, -0.15) is 0 Å². The molecule has 2 N–H and O–H groups in total. The lowest BCUT2D eigenvalue weighted by Gasteiger charge is -2.12. The van der Waals surface area contributed by atoms with E-state index in [1.807, 2.05) is 0 Å². The van der Waals surface area contributed by atoms with Crippen molar-refractivity contribution in [3.63, 3.8) is 0 Å². The van der Waals surface area contributed by atoms with E-state index in [4.69, 9.17) is 9.47 Å². The number of rotatable bonds is 7. The molecule has 0 spiro atoms. The lowest BCUT2D eigenvalue weighted by molar-refractivity contribution is -0.111. The highest BCUT2D eigenvalue weighted by Crippen LogP contribution is 2.34. The third-order valence-corrected chi connectivity index (χ3v) is 5.04. The fourth-order valence-electron chi connectivity index (χ4n) is 3.28. The van der Waals surface area contributed by atoms with E-state index in [9.17, 15) is 18.0 Å². The first-order chi connectivity index (χ1) is 16.9. The van der Waals surface area contributed by atoms with Gasteiger partial charge in [0.1, 0.15) is 12.1 Å². The molecule has 4 aromatic rings. The first kappa shape index (κ1) is 23.6. The Balaban J connectivity index is 1.46. The van der Waals surface area contributed by atoms with Gasteiger partial charge in [0, 0.05) is 34.5 Å². The number of ether oxygens (including phenoxy) is 2. The minimum atomic E-state index is -1.59. The summed E-state index contributed by atoms with van der Waals surface area (Å²) in [4.78, 5) is 20.7. The van der Waals surface area contributed by atoms with Crippen LogP contribution in [0.2, 0.25) is 0 Å². The maximum Gasteiger partial charge on any atom is 0.248 e. The number of anilines is 3. The van der Waals surface area contributed by atoms with Crippen molar-refractivity contribution in [3.05, 3.63) is 83.9 Å². The summed E-state index contributed by atoms with van der Waals surface area (Å²) in [5.74, 6) is -3.20. The maximum absolute atomic E-state index is 13.7. The standard InChI is InChI=1S/C25H19F3N4O3/c1-34-20-11-17-19(12-21(20)35-2)29-13-30-25(17)32-16-7-5-15(6-8-16)31-22(33)10-4-14-3-9-18(26)24(28)23(14)27/h3-13H,1-2H3,(H,31,33)(H,29,30,32)/b10-4+. The zero-order valence-electron chi connectivity index (χ0n) is 18.6. The van der Waals surface area contributed by atoms with Crippen molar-refractivity contribution in [1.82, 2.24) is 9.97 Å². The van der Waals surface area contributed by atoms with E-state index < -0.39 is 23.4 Å². The third-order valence-electron chi connectivity index (χ3n) is 5.04. The lowest BCUT2D eigenvalue weighted by Crippen LogP contribution is -2.07. The second-order valence-electron chi connectivity index (χ2n) is 7.24. The summed E-state index contributed by atoms with van der Waals surface area (Å²) in [5.41, 5.74) is 1.57. The molecular formula is C25H19F3N4O3. The average molecular weight is 480 g/mol. The normalized spacial score (nSPS) is 11.0. The number of nitrogens with zero attached hydrogens (tertiary/aromatic N) is 2. The number of aromatic nitrogens is 2. The van der Waals surface area contributed by atoms with E-state index in [1.54, 1.807) is 43.5 Å². The summed E-state index contributed by atoms with van der Waals surface area (Å²) >= 11 is 0. The monoisotopic (exact) mass is 480 g/mol. The fourth-order valence-corrected chi connectivity index (χ4v) is 3.28. The largest absolute Gasteiger partial charge is 0.493 e. The van der Waals surface area contributed by atoms with Gasteiger partial charge in [-0.1, -0.05) is 0 Å². The first-order valence-corrected chi connectivity index (χ1v) is 10.3. The van der Waals surface area contributed by atoms with Crippen LogP contribution in [0.3, 0.4) is 0 Å². The molecule has 1 aromatic heterocycles. The summed E-state index contributed by atoms with van der Waals surface area (Å²) in [5, 5.41) is 6.52. The number of carbonyl (C=O) groups excluding carboxylic acids is 1. The summed E-state index contributed by atoms with van der Waals surface area (Å²) in [6, 6.07) is 12.1. The first-order valence-electron chi connectivity index (χ1n) is 10.3. The van der Waals surface area contributed by atoms with Crippen molar-refractivity contribution in [2.45, 2.75) is 0 Å². The third kappa shape index (κ3) is 5.16. The molecule has 10 heteroatoms. The Labute approximate surface area is 198 Å². The Morgan fingerprint density at radius 1 is 0.886 bits per heavy atom. The van der Waals surface area contributed by atoms with Gasteiger partial charge in [0.05, 0.1) is 19.7 Å². The molecule has 0 aliphatic heterocycles. The van der Waals surface area contributed by atoms with Gasteiger partial charge in [0.25, 0.3) is 0 Å². The Bertz CT molecular complexity index is 1430. The maximum atomic E-state index is 13.7. The molecule has 0 saturated carbocycles. The number of amides is 1. The average Bonchev–Trinajstić information content (AvgIpc) is 2.87. The molecule has 178 valence electrons. The van der Waals surface area contributed by atoms with E-state index in [-0.39, 0.29) is 5.56 Å². The molecule has 1 amide bonds. The SMILES string of the molecule is COc1cc2ncnc(Nc3ccc(NC(=O)/C=C/c4ccc(F)c(F)c4F)cc3)c2cc1OC. The van der Waals surface area contributed by atoms with Crippen LogP contribution in [0.15, 0.2) is 60.9 Å². The fraction of sp³-hybridized carbons (Fsp3) is 0.0800. The van der Waals surface area contributed by atoms with E-state index in [2.05, 4.69) is 20.6 Å². The van der Waals surface area contributed by atoms with Crippen LogP contribution in [-0.2, 0) is 4.79 Å². The smallest absolute Gasteiger partial charge is 0.248 e. The van der Waals surface area contributed by atoms with Gasteiger partial charge in [-0.15, -0.1) is 0 Å². The van der Waals surface area contributed by atoms with Crippen molar-refractivity contribution < 1.29 is 27.4 Å². The van der Waals surface area contributed by atoms with E-state index >= 15 is 0 Å². The Morgan fingerprint density at radius 3 is 2.29 bits per heavy atom. The highest BCUT2D eigenvalue weighted by atomic mass is 19.2. The quantitative estimate of drug-likeness (QED) is 0.270. The molecule has 0 aliphatic rings. The molecule has 0 bridgehead atoms. The molecular weight excluding hydrogens is 461 g/mol. The lowest BCUT2D eigenvalue weighted by atomic mass is 10.2. The molecule has 0 radical (unpaired) electrons. The Morgan fingerprint density at radius 2 is 1.57 bits per heavy atom. The summed E-state index contributed by atoms with van der Waals surface area (Å²) < 4.78 is 50.7. The molecule has 0 saturated heterocycles. The molecule has 7 nitrogen and oxygen atoms in total. The number of fused-ring (bicyclic) bond motifs is 1. The highest BCUT2D eigenvalue weighted by Gasteiger charge is 2.13. The second-order valence-corrected chi connectivity index (χ2v) is 7.24. The minimum Gasteiger partial charge on any atom is -0.493 e. The van der Waals surface area contributed by atoms with Crippen LogP contribution in [0.1, 0.15) is 5.56 Å². The molecule has 4 rings (SSSR count). The van der Waals surface area contributed by atoms with Gasteiger partial charge >= 0.3 is 0 Å². The van der Waals surface area contributed by atoms with Crippen LogP contribution in [-0.4, -0.2) is 30.1 Å². The zero-order chi connectivity index (χ0) is 24.9. The van der Waals surface area contributed by atoms with Crippen LogP contribution in [0.25, 0.3) is 17.0 Å². The van der Waals surface area contributed by atoms with Gasteiger partial charge in [-0.25, -0.2) is 23.1 Å². The van der Waals surface area contributed by atoms with Crippen LogP contribution in [0, 0.1) is 17.5 Å². The predicted molar refractivity (Wildman–Crippen MR) is 126 cm³/mol. The van der Waals surface area contributed by atoms with Gasteiger partial charge < -0.3 is 20.1 Å². The molecule has 0 fully saturated rings. The van der Waals surface area contributed by atoms with Gasteiger partial charge in [0.15, 0.2) is 29.0 Å². The molecule has 0 aliphatic carbocycles. The molecule has 0 atom stereocenters. The number of halogens is 3. The Kier molecular flexibility index (Phi) is 6.81. The topological polar surface area (TPSA) is 85.4 Å². The van der Waals surface area contributed by atoms with Crippen LogP contribution < -0.4 is 20.1 Å². The van der Waals surface area contributed by atoms with Crippen LogP contribution in [0.5, 0.6) is 11.5 Å². The molecule has 0 unspecified atom stereocenters. The zero-order valence-corrected chi connectivity index (χ0v) is 18.6. The van der Waals surface area contributed by atoms with Crippen molar-refractivity contribution in [2.75, 3.05) is 24.9 Å². The van der Waals surface area contributed by atoms with Crippen molar-refractivity contribution in [1.29, 1.82) is 0 Å². The number of hydrogen-bond donors (Lipinski definition) is 2. The van der Waals surface area contributed by atoms with E-state index in [1.165, 1.54) is 13.4 Å². The predicted octanol–water partition coefficient (Wildman–Crippen LogP) is 5.46. The number of nitrogens with one attached hydrogen (secondary N) is 2. The van der Waals surface area contributed by atoms with Crippen molar-refractivity contribution >= 4 is 40.1 Å². The number of benzene rings is 3. The Hall–Kier alpha value is -4.60. The summed E-state index contributed by atoms with van der Waals surface area (Å²) in [7, 11) is 3.08. The molecule has 3 aromatic carbocycles. The number of hydrogen-bond acceptors (Lipinski definition) is 6. The summed E-state index contributed by atoms with van der Waals surface area (Å²) in [6.07, 6.45) is 3.51. The molecule has 35 heavy (non-hydrogen) atoms. The van der Waals surface area contributed by atoms with Crippen LogP contribution in [0.4, 0.5) is 30.4 Å². The van der Waals surface area contributed by atoms with Gasteiger partial charge in [-0.3, -0.25) is 4.79 Å². The van der Waals surface area contributed by atoms with Crippen molar-refractivity contribution in [3.8, 4) is 11.5 Å². The number of carbonyl (C=O) groups is 1. The van der Waals surface area contributed by atoms with Gasteiger partial charge in [-0.05, 0) is 48.5 Å². The second kappa shape index (κ2) is 10.1.